The van der Waals surface area contributed by atoms with E-state index in [0.717, 1.165) is 26.1 Å². The summed E-state index contributed by atoms with van der Waals surface area (Å²) in [6.07, 6.45) is 3.90. The molecular formula is C40H48Cl2F2N4O3. The highest BCUT2D eigenvalue weighted by Crippen LogP contribution is 2.51. The maximum atomic E-state index is 16.1. The van der Waals surface area contributed by atoms with Crippen LogP contribution in [0, 0.1) is 17.0 Å². The van der Waals surface area contributed by atoms with E-state index >= 15 is 8.78 Å². The molecule has 0 radical (unpaired) electrons. The van der Waals surface area contributed by atoms with E-state index in [1.165, 1.54) is 23.3 Å². The number of rotatable bonds is 11. The molecular weight excluding hydrogens is 693 g/mol. The van der Waals surface area contributed by atoms with Crippen molar-refractivity contribution in [3.63, 3.8) is 0 Å². The van der Waals surface area contributed by atoms with E-state index in [2.05, 4.69) is 59.7 Å². The second-order valence-electron chi connectivity index (χ2n) is 15.2. The Morgan fingerprint density at radius 3 is 2.53 bits per heavy atom. The quantitative estimate of drug-likeness (QED) is 0.177. The van der Waals surface area contributed by atoms with Crippen molar-refractivity contribution in [3.05, 3.63) is 117 Å². The number of nitrogens with one attached hydrogen (secondary N) is 2. The normalized spacial score (nSPS) is 26.6. The van der Waals surface area contributed by atoms with E-state index in [1.54, 1.807) is 24.3 Å². The lowest BCUT2D eigenvalue weighted by atomic mass is 9.66. The first-order chi connectivity index (χ1) is 24.2. The van der Waals surface area contributed by atoms with Crippen molar-refractivity contribution in [2.75, 3.05) is 26.2 Å². The summed E-state index contributed by atoms with van der Waals surface area (Å²) < 4.78 is 43.8. The van der Waals surface area contributed by atoms with E-state index < -0.39 is 46.4 Å². The summed E-state index contributed by atoms with van der Waals surface area (Å²) in [7, 11) is 0. The summed E-state index contributed by atoms with van der Waals surface area (Å²) in [5.41, 5.74) is 8.31. The highest BCUT2D eigenvalue weighted by Gasteiger charge is 2.59. The summed E-state index contributed by atoms with van der Waals surface area (Å²) in [4.78, 5) is 16.6. The minimum absolute atomic E-state index is 0.109. The van der Waals surface area contributed by atoms with Gasteiger partial charge >= 0.3 is 0 Å². The van der Waals surface area contributed by atoms with E-state index in [-0.39, 0.29) is 33.2 Å². The molecule has 4 N–H and O–H groups in total. The average Bonchev–Trinajstić information content (AvgIpc) is 3.58. The Morgan fingerprint density at radius 1 is 1.10 bits per heavy atom. The molecule has 1 amide bonds. The van der Waals surface area contributed by atoms with Gasteiger partial charge in [0.2, 0.25) is 5.91 Å². The zero-order chi connectivity index (χ0) is 36.6. The van der Waals surface area contributed by atoms with Gasteiger partial charge in [0.25, 0.3) is 0 Å². The molecule has 3 aromatic carbocycles. The van der Waals surface area contributed by atoms with Crippen LogP contribution in [-0.4, -0.2) is 61.0 Å². The van der Waals surface area contributed by atoms with Crippen molar-refractivity contribution in [1.82, 2.24) is 15.5 Å². The topological polar surface area (TPSA) is 88.9 Å². The number of hydrogen-bond acceptors (Lipinski definition) is 6. The Hall–Kier alpha value is -2.89. The molecule has 0 spiro atoms. The van der Waals surface area contributed by atoms with Crippen molar-refractivity contribution in [3.8, 4) is 0 Å². The average molecular weight is 742 g/mol. The number of carbonyl (C=O) groups excluding carboxylic acids is 1. The van der Waals surface area contributed by atoms with Gasteiger partial charge < -0.3 is 25.8 Å². The molecule has 0 bridgehead atoms. The zero-order valence-corrected chi connectivity index (χ0v) is 31.2. The van der Waals surface area contributed by atoms with Gasteiger partial charge in [-0.1, -0.05) is 97.2 Å². The molecule has 3 heterocycles. The van der Waals surface area contributed by atoms with Gasteiger partial charge in [0.05, 0.1) is 29.3 Å². The molecule has 6 rings (SSSR count). The fourth-order valence-corrected chi connectivity index (χ4v) is 8.46. The van der Waals surface area contributed by atoms with Gasteiger partial charge in [-0.25, -0.2) is 8.78 Å². The SMILES string of the molecule is CC1(C)OCC(CCNC(=O)C2NC(CC(C)(C)C3=CCN(Cc4ccccc4)CC3)C(N)(c3ccc(Cl)cc3F)C2c2cccc(Cl)c2F)O1. The number of amides is 1. The van der Waals surface area contributed by atoms with Gasteiger partial charge in [0.15, 0.2) is 5.79 Å². The third kappa shape index (κ3) is 8.20. The third-order valence-corrected chi connectivity index (χ3v) is 11.3. The molecule has 0 saturated carbocycles. The fraction of sp³-hybridized carbons (Fsp3) is 0.475. The van der Waals surface area contributed by atoms with Gasteiger partial charge in [-0.05, 0) is 67.9 Å². The van der Waals surface area contributed by atoms with E-state index in [1.807, 2.05) is 19.9 Å². The van der Waals surface area contributed by atoms with Crippen molar-refractivity contribution >= 4 is 29.1 Å². The molecule has 51 heavy (non-hydrogen) atoms. The lowest BCUT2D eigenvalue weighted by Crippen LogP contribution is -2.53. The fourth-order valence-electron chi connectivity index (χ4n) is 8.12. The standard InChI is InChI=1S/C40H48Cl2F2N4O3/c1-38(2,26-16-19-48(20-17-26)23-25-9-6-5-7-10-25)22-33-40(45,30-14-13-27(41)21-32(30)43)34(29-11-8-12-31(42)35(29)44)36(47-33)37(49)46-18-15-28-24-50-39(3,4)51-28/h5-14,16,21,28,33-34,36,47H,15,17-20,22-24,45H2,1-4H3,(H,46,49). The van der Waals surface area contributed by atoms with Gasteiger partial charge in [0, 0.05) is 48.7 Å². The van der Waals surface area contributed by atoms with E-state index in [9.17, 15) is 4.79 Å². The van der Waals surface area contributed by atoms with Crippen LogP contribution in [0.5, 0.6) is 0 Å². The lowest BCUT2D eigenvalue weighted by Gasteiger charge is -2.42. The van der Waals surface area contributed by atoms with Gasteiger partial charge in [0.1, 0.15) is 11.6 Å². The molecule has 0 aliphatic carbocycles. The number of halogens is 4. The van der Waals surface area contributed by atoms with E-state index in [4.69, 9.17) is 38.4 Å². The van der Waals surface area contributed by atoms with Gasteiger partial charge in [-0.3, -0.25) is 9.69 Å². The number of hydrogen-bond donors (Lipinski definition) is 3. The summed E-state index contributed by atoms with van der Waals surface area (Å²) in [6.45, 7) is 11.2. The molecule has 11 heteroatoms. The van der Waals surface area contributed by atoms with Crippen LogP contribution in [0.4, 0.5) is 8.78 Å². The largest absolute Gasteiger partial charge is 0.355 e. The third-order valence-electron chi connectivity index (χ3n) is 10.8. The first kappa shape index (κ1) is 37.9. The second kappa shape index (κ2) is 15.2. The molecule has 2 fully saturated rings. The molecule has 274 valence electrons. The molecule has 5 unspecified atom stereocenters. The van der Waals surface area contributed by atoms with E-state index in [0.29, 0.717) is 26.0 Å². The van der Waals surface area contributed by atoms with Crippen LogP contribution in [0.15, 0.2) is 78.4 Å². The highest BCUT2D eigenvalue weighted by atomic mass is 35.5. The zero-order valence-electron chi connectivity index (χ0n) is 29.7. The van der Waals surface area contributed by atoms with Crippen LogP contribution in [0.1, 0.15) is 69.6 Å². The summed E-state index contributed by atoms with van der Waals surface area (Å²) in [6, 6.07) is 17.7. The monoisotopic (exact) mass is 740 g/mol. The molecule has 0 aromatic heterocycles. The lowest BCUT2D eigenvalue weighted by molar-refractivity contribution is -0.138. The maximum Gasteiger partial charge on any atom is 0.237 e. The number of carbonyl (C=O) groups is 1. The molecule has 3 aliphatic heterocycles. The Kier molecular flexibility index (Phi) is 11.3. The predicted molar refractivity (Wildman–Crippen MR) is 197 cm³/mol. The van der Waals surface area contributed by atoms with Crippen LogP contribution in [0.2, 0.25) is 10.0 Å². The van der Waals surface area contributed by atoms with Crippen molar-refractivity contribution in [2.45, 2.75) is 88.9 Å². The highest BCUT2D eigenvalue weighted by molar-refractivity contribution is 6.31. The Labute approximate surface area is 309 Å². The van der Waals surface area contributed by atoms with Crippen LogP contribution in [0.3, 0.4) is 0 Å². The van der Waals surface area contributed by atoms with Crippen LogP contribution in [0.25, 0.3) is 0 Å². The van der Waals surface area contributed by atoms with Crippen molar-refractivity contribution in [2.24, 2.45) is 11.1 Å². The van der Waals surface area contributed by atoms with Crippen molar-refractivity contribution < 1.29 is 23.0 Å². The minimum atomic E-state index is -1.58. The smallest absolute Gasteiger partial charge is 0.237 e. The van der Waals surface area contributed by atoms with Crippen LogP contribution >= 0.6 is 23.2 Å². The van der Waals surface area contributed by atoms with Gasteiger partial charge in [-0.15, -0.1) is 0 Å². The molecule has 3 aromatic rings. The number of ether oxygens (including phenoxy) is 2. The number of nitrogens with zero attached hydrogens (tertiary/aromatic N) is 1. The van der Waals surface area contributed by atoms with Crippen LogP contribution < -0.4 is 16.4 Å². The summed E-state index contributed by atoms with van der Waals surface area (Å²) in [5, 5.41) is 6.62. The molecule has 2 saturated heterocycles. The first-order valence-corrected chi connectivity index (χ1v) is 18.4. The Morgan fingerprint density at radius 2 is 1.86 bits per heavy atom. The summed E-state index contributed by atoms with van der Waals surface area (Å²) in [5.74, 6) is -3.42. The first-order valence-electron chi connectivity index (χ1n) is 17.7. The number of benzene rings is 3. The van der Waals surface area contributed by atoms with Crippen LogP contribution in [-0.2, 0) is 26.4 Å². The Balaban J connectivity index is 1.32. The summed E-state index contributed by atoms with van der Waals surface area (Å²) >= 11 is 12.5. The predicted octanol–water partition coefficient (Wildman–Crippen LogP) is 7.46. The van der Waals surface area contributed by atoms with Gasteiger partial charge in [-0.2, -0.15) is 0 Å². The Bertz CT molecular complexity index is 1760. The second-order valence-corrected chi connectivity index (χ2v) is 16.0. The molecule has 3 aliphatic rings. The minimum Gasteiger partial charge on any atom is -0.355 e. The number of nitrogens with two attached hydrogens (primary N) is 1. The van der Waals surface area contributed by atoms with Crippen molar-refractivity contribution in [1.29, 1.82) is 0 Å². The molecule has 5 atom stereocenters. The molecule has 7 nitrogen and oxygen atoms in total. The maximum absolute atomic E-state index is 16.1.